The Balaban J connectivity index is 2.44. The number of furan rings is 1. The van der Waals surface area contributed by atoms with E-state index < -0.39 is 0 Å². The fraction of sp³-hybridized carbons (Fsp3) is 0.500. The SMILES string of the molecule is CCNC(c1cc2cc(Cl)ccc2o1)C(C)(C)CC. The van der Waals surface area contributed by atoms with Gasteiger partial charge in [-0.3, -0.25) is 0 Å². The van der Waals surface area contributed by atoms with Crippen LogP contribution in [0, 0.1) is 5.41 Å². The van der Waals surface area contributed by atoms with Crippen molar-refractivity contribution in [2.24, 2.45) is 5.41 Å². The molecule has 19 heavy (non-hydrogen) atoms. The molecule has 1 aromatic heterocycles. The standard InChI is InChI=1S/C16H22ClNO/c1-5-16(3,4)15(18-6-2)14-10-11-9-12(17)7-8-13(11)19-14/h7-10,15,18H,5-6H2,1-4H3. The molecule has 1 atom stereocenters. The van der Waals surface area contributed by atoms with Gasteiger partial charge in [-0.1, -0.05) is 39.3 Å². The van der Waals surface area contributed by atoms with Crippen molar-refractivity contribution < 1.29 is 4.42 Å². The second-order valence-electron chi connectivity index (χ2n) is 5.66. The van der Waals surface area contributed by atoms with Crippen LogP contribution in [0.3, 0.4) is 0 Å². The maximum Gasteiger partial charge on any atom is 0.134 e. The smallest absolute Gasteiger partial charge is 0.134 e. The molecule has 104 valence electrons. The summed E-state index contributed by atoms with van der Waals surface area (Å²) in [5.74, 6) is 0.992. The molecule has 0 saturated carbocycles. The molecule has 0 aliphatic carbocycles. The summed E-state index contributed by atoms with van der Waals surface area (Å²) in [6, 6.07) is 8.07. The lowest BCUT2D eigenvalue weighted by Gasteiger charge is -2.32. The van der Waals surface area contributed by atoms with Crippen LogP contribution in [0.4, 0.5) is 0 Å². The molecule has 0 bridgehead atoms. The molecular weight excluding hydrogens is 258 g/mol. The molecule has 2 rings (SSSR count). The number of fused-ring (bicyclic) bond motifs is 1. The number of benzene rings is 1. The van der Waals surface area contributed by atoms with Gasteiger partial charge < -0.3 is 9.73 Å². The average Bonchev–Trinajstić information content (AvgIpc) is 2.77. The van der Waals surface area contributed by atoms with Gasteiger partial charge in [-0.25, -0.2) is 0 Å². The van der Waals surface area contributed by atoms with Crippen LogP contribution >= 0.6 is 11.6 Å². The van der Waals surface area contributed by atoms with E-state index >= 15 is 0 Å². The Hall–Kier alpha value is -0.990. The van der Waals surface area contributed by atoms with Crippen molar-refractivity contribution in [3.8, 4) is 0 Å². The summed E-state index contributed by atoms with van der Waals surface area (Å²) in [4.78, 5) is 0. The summed E-state index contributed by atoms with van der Waals surface area (Å²) in [6.07, 6.45) is 1.09. The van der Waals surface area contributed by atoms with Crippen LogP contribution in [0.2, 0.25) is 5.02 Å². The van der Waals surface area contributed by atoms with Crippen LogP contribution in [0.15, 0.2) is 28.7 Å². The molecule has 1 aromatic carbocycles. The fourth-order valence-corrected chi connectivity index (χ4v) is 2.53. The predicted molar refractivity (Wildman–Crippen MR) is 81.7 cm³/mol. The zero-order valence-corrected chi connectivity index (χ0v) is 12.8. The second kappa shape index (κ2) is 5.56. The monoisotopic (exact) mass is 279 g/mol. The van der Waals surface area contributed by atoms with E-state index in [1.807, 2.05) is 18.2 Å². The minimum absolute atomic E-state index is 0.147. The van der Waals surface area contributed by atoms with Gasteiger partial charge in [0.05, 0.1) is 6.04 Å². The Bertz CT molecular complexity index is 559. The van der Waals surface area contributed by atoms with Gasteiger partial charge in [0, 0.05) is 10.4 Å². The third kappa shape index (κ3) is 2.96. The highest BCUT2D eigenvalue weighted by Gasteiger charge is 2.31. The van der Waals surface area contributed by atoms with E-state index in [0.29, 0.717) is 0 Å². The van der Waals surface area contributed by atoms with Gasteiger partial charge in [-0.05, 0) is 42.6 Å². The van der Waals surface area contributed by atoms with Crippen molar-refractivity contribution >= 4 is 22.6 Å². The van der Waals surface area contributed by atoms with E-state index in [-0.39, 0.29) is 11.5 Å². The van der Waals surface area contributed by atoms with E-state index in [4.69, 9.17) is 16.0 Å². The van der Waals surface area contributed by atoms with Gasteiger partial charge in [-0.2, -0.15) is 0 Å². The predicted octanol–water partition coefficient (Wildman–Crippen LogP) is 5.17. The Morgan fingerprint density at radius 2 is 2.00 bits per heavy atom. The summed E-state index contributed by atoms with van der Waals surface area (Å²) in [7, 11) is 0. The van der Waals surface area contributed by atoms with Crippen molar-refractivity contribution in [3.63, 3.8) is 0 Å². The van der Waals surface area contributed by atoms with Crippen molar-refractivity contribution in [1.29, 1.82) is 0 Å². The zero-order chi connectivity index (χ0) is 14.0. The number of rotatable bonds is 5. The minimum atomic E-state index is 0.147. The van der Waals surface area contributed by atoms with Crippen LogP contribution in [0.5, 0.6) is 0 Å². The molecular formula is C16H22ClNO. The topological polar surface area (TPSA) is 25.2 Å². The second-order valence-corrected chi connectivity index (χ2v) is 6.10. The number of nitrogens with one attached hydrogen (secondary N) is 1. The fourth-order valence-electron chi connectivity index (χ4n) is 2.35. The Morgan fingerprint density at radius 3 is 2.63 bits per heavy atom. The Morgan fingerprint density at radius 1 is 1.26 bits per heavy atom. The lowest BCUT2D eigenvalue weighted by atomic mass is 9.80. The van der Waals surface area contributed by atoms with E-state index in [1.54, 1.807) is 0 Å². The Kier molecular flexibility index (Phi) is 4.22. The first-order valence-corrected chi connectivity index (χ1v) is 7.28. The molecule has 2 aromatic rings. The summed E-state index contributed by atoms with van der Waals surface area (Å²) in [5, 5.41) is 5.35. The van der Waals surface area contributed by atoms with Gasteiger partial charge in [0.2, 0.25) is 0 Å². The summed E-state index contributed by atoms with van der Waals surface area (Å²) in [6.45, 7) is 9.79. The number of halogens is 1. The van der Waals surface area contributed by atoms with Crippen molar-refractivity contribution in [2.75, 3.05) is 6.54 Å². The molecule has 0 saturated heterocycles. The molecule has 0 fully saturated rings. The van der Waals surface area contributed by atoms with Gasteiger partial charge in [0.25, 0.3) is 0 Å². The van der Waals surface area contributed by atoms with E-state index in [9.17, 15) is 0 Å². The lowest BCUT2D eigenvalue weighted by Crippen LogP contribution is -2.33. The van der Waals surface area contributed by atoms with Crippen molar-refractivity contribution in [2.45, 2.75) is 40.2 Å². The minimum Gasteiger partial charge on any atom is -0.459 e. The first-order valence-electron chi connectivity index (χ1n) is 6.90. The first-order chi connectivity index (χ1) is 8.97. The first kappa shape index (κ1) is 14.4. The largest absolute Gasteiger partial charge is 0.459 e. The number of hydrogen-bond donors (Lipinski definition) is 1. The third-order valence-corrected chi connectivity index (χ3v) is 4.12. The summed E-state index contributed by atoms with van der Waals surface area (Å²) >= 11 is 6.03. The van der Waals surface area contributed by atoms with E-state index in [2.05, 4.69) is 39.1 Å². The molecule has 0 aliphatic heterocycles. The summed E-state index contributed by atoms with van der Waals surface area (Å²) in [5.41, 5.74) is 1.04. The Labute approximate surface area is 120 Å². The normalized spacial score (nSPS) is 13.9. The van der Waals surface area contributed by atoms with Crippen LogP contribution in [0.1, 0.15) is 45.9 Å². The zero-order valence-electron chi connectivity index (χ0n) is 12.1. The molecule has 0 amide bonds. The molecule has 0 aliphatic rings. The molecule has 3 heteroatoms. The number of hydrogen-bond acceptors (Lipinski definition) is 2. The van der Waals surface area contributed by atoms with Crippen LogP contribution in [-0.4, -0.2) is 6.54 Å². The van der Waals surface area contributed by atoms with Crippen LogP contribution in [-0.2, 0) is 0 Å². The maximum absolute atomic E-state index is 6.03. The van der Waals surface area contributed by atoms with Crippen LogP contribution < -0.4 is 5.32 Å². The quantitative estimate of drug-likeness (QED) is 0.816. The van der Waals surface area contributed by atoms with Crippen LogP contribution in [0.25, 0.3) is 11.0 Å². The molecule has 0 spiro atoms. The molecule has 0 radical (unpaired) electrons. The van der Waals surface area contributed by atoms with E-state index in [0.717, 1.165) is 34.7 Å². The van der Waals surface area contributed by atoms with Crippen molar-refractivity contribution in [3.05, 3.63) is 35.0 Å². The van der Waals surface area contributed by atoms with Gasteiger partial charge in [-0.15, -0.1) is 0 Å². The molecule has 2 nitrogen and oxygen atoms in total. The third-order valence-electron chi connectivity index (χ3n) is 3.88. The van der Waals surface area contributed by atoms with Gasteiger partial charge in [0.15, 0.2) is 0 Å². The summed E-state index contributed by atoms with van der Waals surface area (Å²) < 4.78 is 6.00. The highest BCUT2D eigenvalue weighted by atomic mass is 35.5. The molecule has 1 N–H and O–H groups in total. The molecule has 1 unspecified atom stereocenters. The highest BCUT2D eigenvalue weighted by Crippen LogP contribution is 2.38. The van der Waals surface area contributed by atoms with E-state index in [1.165, 1.54) is 0 Å². The van der Waals surface area contributed by atoms with Crippen molar-refractivity contribution in [1.82, 2.24) is 5.32 Å². The molecule has 1 heterocycles. The van der Waals surface area contributed by atoms with Gasteiger partial charge in [0.1, 0.15) is 11.3 Å². The lowest BCUT2D eigenvalue weighted by molar-refractivity contribution is 0.211. The highest BCUT2D eigenvalue weighted by molar-refractivity contribution is 6.31. The average molecular weight is 280 g/mol. The van der Waals surface area contributed by atoms with Gasteiger partial charge >= 0.3 is 0 Å². The maximum atomic E-state index is 6.03.